The maximum Gasteiger partial charge on any atom is 0.220 e. The molecule has 0 aromatic carbocycles. The third kappa shape index (κ3) is 12.6. The fourth-order valence-electron chi connectivity index (χ4n) is 4.91. The van der Waals surface area contributed by atoms with E-state index in [1.807, 2.05) is 18.4 Å². The minimum absolute atomic E-state index is 0.0759. The third-order valence-corrected chi connectivity index (χ3v) is 7.10. The van der Waals surface area contributed by atoms with E-state index in [9.17, 15) is 9.90 Å². The highest BCUT2D eigenvalue weighted by Gasteiger charge is 2.23. The van der Waals surface area contributed by atoms with Crippen LogP contribution in [0.5, 0.6) is 0 Å². The van der Waals surface area contributed by atoms with Crippen LogP contribution in [0.15, 0.2) is 40.8 Å². The second-order valence-corrected chi connectivity index (χ2v) is 10.2. The van der Waals surface area contributed by atoms with Crippen molar-refractivity contribution in [3.63, 3.8) is 0 Å². The summed E-state index contributed by atoms with van der Waals surface area (Å²) in [6.07, 6.45) is 31.7. The SMILES string of the molecule is CCCCCCCCCCCCCCCCCCCC(=O)NCCC1=CN=C2C=CC(O)=CC12. The highest BCUT2D eigenvalue weighted by molar-refractivity contribution is 6.03. The second-order valence-electron chi connectivity index (χ2n) is 10.2. The number of aliphatic hydroxyl groups excluding tert-OH is 1. The Morgan fingerprint density at radius 2 is 1.35 bits per heavy atom. The zero-order chi connectivity index (χ0) is 24.3. The lowest BCUT2D eigenvalue weighted by Gasteiger charge is -2.15. The minimum atomic E-state index is 0.0759. The monoisotopic (exact) mass is 470 g/mol. The number of aliphatic hydroxyl groups is 1. The lowest BCUT2D eigenvalue weighted by atomic mass is 9.90. The molecule has 0 fully saturated rings. The number of nitrogens with zero attached hydrogens (tertiary/aromatic N) is 1. The third-order valence-electron chi connectivity index (χ3n) is 7.10. The van der Waals surface area contributed by atoms with Crippen LogP contribution >= 0.6 is 0 Å². The van der Waals surface area contributed by atoms with E-state index in [4.69, 9.17) is 0 Å². The fourth-order valence-corrected chi connectivity index (χ4v) is 4.91. The van der Waals surface area contributed by atoms with Gasteiger partial charge in [-0.05, 0) is 36.6 Å². The van der Waals surface area contributed by atoms with Gasteiger partial charge in [-0.15, -0.1) is 0 Å². The van der Waals surface area contributed by atoms with Crippen molar-refractivity contribution in [2.24, 2.45) is 10.9 Å². The van der Waals surface area contributed by atoms with E-state index >= 15 is 0 Å². The fraction of sp³-hybridized carbons (Fsp3) is 0.733. The first-order valence-corrected chi connectivity index (χ1v) is 14.3. The molecular weight excluding hydrogens is 420 g/mol. The number of hydrogen-bond acceptors (Lipinski definition) is 3. The Morgan fingerprint density at radius 1 is 0.824 bits per heavy atom. The Kier molecular flexibility index (Phi) is 15.4. The van der Waals surface area contributed by atoms with Gasteiger partial charge in [0.25, 0.3) is 0 Å². The van der Waals surface area contributed by atoms with E-state index in [0.29, 0.717) is 18.7 Å². The Morgan fingerprint density at radius 3 is 1.91 bits per heavy atom. The number of unbranched alkanes of at least 4 members (excludes halogenated alkanes) is 16. The summed E-state index contributed by atoms with van der Waals surface area (Å²) in [5.41, 5.74) is 2.13. The average Bonchev–Trinajstić information content (AvgIpc) is 3.23. The van der Waals surface area contributed by atoms with Crippen LogP contribution in [0.25, 0.3) is 0 Å². The summed E-state index contributed by atoms with van der Waals surface area (Å²) in [5, 5.41) is 12.7. The lowest BCUT2D eigenvalue weighted by molar-refractivity contribution is -0.121. The maximum absolute atomic E-state index is 12.1. The second kappa shape index (κ2) is 18.5. The molecule has 0 spiro atoms. The van der Waals surface area contributed by atoms with E-state index in [1.165, 1.54) is 96.3 Å². The number of carbonyl (C=O) groups is 1. The number of rotatable bonds is 21. The van der Waals surface area contributed by atoms with Gasteiger partial charge in [0.2, 0.25) is 5.91 Å². The Bertz CT molecular complexity index is 690. The molecule has 1 aliphatic carbocycles. The van der Waals surface area contributed by atoms with Gasteiger partial charge in [-0.3, -0.25) is 9.79 Å². The van der Waals surface area contributed by atoms with Gasteiger partial charge in [-0.1, -0.05) is 110 Å². The minimum Gasteiger partial charge on any atom is -0.508 e. The summed E-state index contributed by atoms with van der Waals surface area (Å²) in [6, 6.07) is 0. The van der Waals surface area contributed by atoms with E-state index in [2.05, 4.69) is 17.2 Å². The van der Waals surface area contributed by atoms with E-state index in [-0.39, 0.29) is 11.8 Å². The highest BCUT2D eigenvalue weighted by atomic mass is 16.3. The molecule has 1 heterocycles. The Hall–Kier alpha value is -1.84. The summed E-state index contributed by atoms with van der Waals surface area (Å²) in [6.45, 7) is 2.92. The van der Waals surface area contributed by atoms with Crippen molar-refractivity contribution in [3.8, 4) is 0 Å². The normalized spacial score (nSPS) is 16.7. The first kappa shape index (κ1) is 28.4. The first-order chi connectivity index (χ1) is 16.7. The van der Waals surface area contributed by atoms with Gasteiger partial charge in [0.1, 0.15) is 5.76 Å². The molecule has 192 valence electrons. The molecule has 0 radical (unpaired) electrons. The molecule has 34 heavy (non-hydrogen) atoms. The molecular formula is C30H50N2O2. The van der Waals surface area contributed by atoms with Crippen molar-refractivity contribution < 1.29 is 9.90 Å². The van der Waals surface area contributed by atoms with Crippen LogP contribution in [-0.2, 0) is 4.79 Å². The zero-order valence-electron chi connectivity index (χ0n) is 21.8. The highest BCUT2D eigenvalue weighted by Crippen LogP contribution is 2.28. The van der Waals surface area contributed by atoms with Crippen LogP contribution in [0.1, 0.15) is 129 Å². The van der Waals surface area contributed by atoms with Gasteiger partial charge in [0.15, 0.2) is 0 Å². The molecule has 0 aromatic rings. The number of allylic oxidation sites excluding steroid dienone is 3. The quantitative estimate of drug-likeness (QED) is 0.165. The number of fused-ring (bicyclic) bond motifs is 1. The molecule has 0 aromatic heterocycles. The van der Waals surface area contributed by atoms with Gasteiger partial charge in [0.05, 0.1) is 5.71 Å². The Labute approximate surface area is 209 Å². The Balaban J connectivity index is 1.30. The molecule has 4 heteroatoms. The van der Waals surface area contributed by atoms with Crippen LogP contribution in [0.2, 0.25) is 0 Å². The van der Waals surface area contributed by atoms with Crippen LogP contribution < -0.4 is 5.32 Å². The number of carbonyl (C=O) groups excluding carboxylic acids is 1. The molecule has 1 unspecified atom stereocenters. The van der Waals surface area contributed by atoms with Crippen molar-refractivity contribution in [2.45, 2.75) is 129 Å². The molecule has 0 saturated heterocycles. The van der Waals surface area contributed by atoms with Crippen LogP contribution in [-0.4, -0.2) is 23.3 Å². The van der Waals surface area contributed by atoms with Gasteiger partial charge in [-0.25, -0.2) is 0 Å². The van der Waals surface area contributed by atoms with Gasteiger partial charge >= 0.3 is 0 Å². The number of hydrogen-bond donors (Lipinski definition) is 2. The summed E-state index contributed by atoms with van der Waals surface area (Å²) in [7, 11) is 0. The summed E-state index contributed by atoms with van der Waals surface area (Å²) >= 11 is 0. The van der Waals surface area contributed by atoms with Crippen LogP contribution in [0.3, 0.4) is 0 Å². The van der Waals surface area contributed by atoms with Crippen molar-refractivity contribution in [2.75, 3.05) is 6.54 Å². The maximum atomic E-state index is 12.1. The molecule has 2 aliphatic rings. The smallest absolute Gasteiger partial charge is 0.220 e. The molecule has 0 bridgehead atoms. The topological polar surface area (TPSA) is 61.7 Å². The largest absolute Gasteiger partial charge is 0.508 e. The summed E-state index contributed by atoms with van der Waals surface area (Å²) < 4.78 is 0. The van der Waals surface area contributed by atoms with E-state index in [1.54, 1.807) is 6.08 Å². The van der Waals surface area contributed by atoms with Crippen LogP contribution in [0.4, 0.5) is 0 Å². The zero-order valence-corrected chi connectivity index (χ0v) is 21.8. The van der Waals surface area contributed by atoms with Gasteiger partial charge in [0, 0.05) is 25.1 Å². The predicted octanol–water partition coefficient (Wildman–Crippen LogP) is 8.50. The molecule has 1 aliphatic heterocycles. The average molecular weight is 471 g/mol. The lowest BCUT2D eigenvalue weighted by Crippen LogP contribution is -2.25. The van der Waals surface area contributed by atoms with Crippen molar-refractivity contribution in [1.29, 1.82) is 0 Å². The van der Waals surface area contributed by atoms with Gasteiger partial charge in [-0.2, -0.15) is 0 Å². The summed E-state index contributed by atoms with van der Waals surface area (Å²) in [5.74, 6) is 0.522. The molecule has 0 saturated carbocycles. The molecule has 4 nitrogen and oxygen atoms in total. The van der Waals surface area contributed by atoms with Gasteiger partial charge < -0.3 is 10.4 Å². The predicted molar refractivity (Wildman–Crippen MR) is 145 cm³/mol. The molecule has 1 amide bonds. The first-order valence-electron chi connectivity index (χ1n) is 14.3. The van der Waals surface area contributed by atoms with E-state index < -0.39 is 0 Å². The standard InChI is InChI=1S/C30H50N2O2/c1-2-3-4-5-6-7-8-9-10-11-12-13-14-15-16-17-18-19-30(34)31-23-22-26-25-32-29-21-20-27(33)24-28(26)29/h20-21,24-25,28,33H,2-19,22-23H2,1H3,(H,31,34). The van der Waals surface area contributed by atoms with Crippen LogP contribution in [0, 0.1) is 5.92 Å². The number of aliphatic imine (C=N–C) groups is 1. The van der Waals surface area contributed by atoms with Crippen molar-refractivity contribution in [1.82, 2.24) is 5.32 Å². The molecule has 2 N–H and O–H groups in total. The van der Waals surface area contributed by atoms with Crippen molar-refractivity contribution in [3.05, 3.63) is 35.8 Å². The number of amides is 1. The molecule has 2 rings (SSSR count). The molecule has 1 atom stereocenters. The van der Waals surface area contributed by atoms with E-state index in [0.717, 1.165) is 30.5 Å². The summed E-state index contributed by atoms with van der Waals surface area (Å²) in [4.78, 5) is 16.5. The number of nitrogens with one attached hydrogen (secondary N) is 1. The van der Waals surface area contributed by atoms with Crippen molar-refractivity contribution >= 4 is 11.6 Å².